The summed E-state index contributed by atoms with van der Waals surface area (Å²) >= 11 is 0. The molecule has 1 aromatic heterocycles. The quantitative estimate of drug-likeness (QED) is 0.488. The van der Waals surface area contributed by atoms with E-state index in [0.29, 0.717) is 24.9 Å². The number of fused-ring (bicyclic) bond motifs is 1. The van der Waals surface area contributed by atoms with Crippen LogP contribution < -0.4 is 10.0 Å². The summed E-state index contributed by atoms with van der Waals surface area (Å²) in [5.74, 6) is 0. The van der Waals surface area contributed by atoms with Gasteiger partial charge < -0.3 is 5.32 Å². The number of benzene rings is 1. The Morgan fingerprint density at radius 2 is 2.29 bits per heavy atom. The average Bonchev–Trinajstić information content (AvgIpc) is 2.99. The summed E-state index contributed by atoms with van der Waals surface area (Å²) in [7, 11) is -3.66. The predicted octanol–water partition coefficient (Wildman–Crippen LogP) is 1.86. The molecule has 1 aliphatic rings. The third-order valence-electron chi connectivity index (χ3n) is 4.13. The number of nitrogens with zero attached hydrogens (tertiary/aromatic N) is 4. The molecule has 1 saturated heterocycles. The summed E-state index contributed by atoms with van der Waals surface area (Å²) in [5, 5.41) is 8.18. The topological polar surface area (TPSA) is 120 Å². The van der Waals surface area contributed by atoms with Gasteiger partial charge in [-0.25, -0.2) is 13.1 Å². The molecule has 2 atom stereocenters. The van der Waals surface area contributed by atoms with Gasteiger partial charge in [0.2, 0.25) is 10.0 Å². The van der Waals surface area contributed by atoms with Gasteiger partial charge in [0.1, 0.15) is 0 Å². The summed E-state index contributed by atoms with van der Waals surface area (Å²) in [4.78, 5) is 7.11. The molecule has 0 spiro atoms. The van der Waals surface area contributed by atoms with E-state index in [1.54, 1.807) is 24.5 Å². The first-order chi connectivity index (χ1) is 11.5. The van der Waals surface area contributed by atoms with Crippen LogP contribution in [0.3, 0.4) is 0 Å². The maximum absolute atomic E-state index is 12.8. The molecule has 1 aromatic carbocycles. The van der Waals surface area contributed by atoms with Crippen molar-refractivity contribution in [1.82, 2.24) is 15.0 Å². The predicted molar refractivity (Wildman–Crippen MR) is 91.0 cm³/mol. The fraction of sp³-hybridized carbons (Fsp3) is 0.400. The molecule has 8 nitrogen and oxygen atoms in total. The van der Waals surface area contributed by atoms with Crippen molar-refractivity contribution in [1.29, 1.82) is 0 Å². The molecule has 2 heterocycles. The van der Waals surface area contributed by atoms with Gasteiger partial charge in [-0.1, -0.05) is 17.2 Å². The lowest BCUT2D eigenvalue weighted by atomic mass is 10.1. The van der Waals surface area contributed by atoms with E-state index in [0.717, 1.165) is 10.9 Å². The van der Waals surface area contributed by atoms with Crippen LogP contribution >= 0.6 is 0 Å². The standard InChI is InChI=1S/C15H18N6O2S/c1-10-6-17-7-11-3-2-4-14(15(10)11)24(22,23)20-13-5-12(18-8-13)9-19-21-16/h2-4,6-7,12-13,18,20H,5,8-9H2,1H3/t12-,13+/m0/s1. The van der Waals surface area contributed by atoms with Crippen molar-refractivity contribution < 1.29 is 8.42 Å². The second kappa shape index (κ2) is 6.74. The van der Waals surface area contributed by atoms with Crippen molar-refractivity contribution in [2.45, 2.75) is 30.3 Å². The van der Waals surface area contributed by atoms with Crippen molar-refractivity contribution in [3.05, 3.63) is 46.6 Å². The summed E-state index contributed by atoms with van der Waals surface area (Å²) in [5.41, 5.74) is 9.19. The molecule has 3 rings (SSSR count). The summed E-state index contributed by atoms with van der Waals surface area (Å²) in [6.45, 7) is 2.67. The van der Waals surface area contributed by atoms with Crippen LogP contribution in [0.25, 0.3) is 21.2 Å². The molecule has 2 aromatic rings. The fourth-order valence-electron chi connectivity index (χ4n) is 3.06. The Kier molecular flexibility index (Phi) is 4.68. The maximum Gasteiger partial charge on any atom is 0.241 e. The van der Waals surface area contributed by atoms with Gasteiger partial charge in [-0.05, 0) is 30.5 Å². The van der Waals surface area contributed by atoms with Gasteiger partial charge in [0.05, 0.1) is 4.90 Å². The largest absolute Gasteiger partial charge is 0.312 e. The molecule has 126 valence electrons. The molecule has 0 amide bonds. The Hall–Kier alpha value is -2.19. The van der Waals surface area contributed by atoms with Gasteiger partial charge in [-0.2, -0.15) is 0 Å². The van der Waals surface area contributed by atoms with E-state index >= 15 is 0 Å². The monoisotopic (exact) mass is 346 g/mol. The van der Waals surface area contributed by atoms with Gasteiger partial charge in [-0.3, -0.25) is 4.98 Å². The number of aromatic nitrogens is 1. The Balaban J connectivity index is 1.86. The Labute approximate surface area is 140 Å². The lowest BCUT2D eigenvalue weighted by molar-refractivity contribution is 0.555. The molecule has 1 fully saturated rings. The second-order valence-electron chi connectivity index (χ2n) is 5.88. The van der Waals surface area contributed by atoms with Crippen molar-refractivity contribution in [2.24, 2.45) is 5.11 Å². The highest BCUT2D eigenvalue weighted by Crippen LogP contribution is 2.25. The molecule has 0 saturated carbocycles. The van der Waals surface area contributed by atoms with Gasteiger partial charge in [0, 0.05) is 53.3 Å². The number of azide groups is 1. The molecule has 9 heteroatoms. The lowest BCUT2D eigenvalue weighted by Crippen LogP contribution is -2.36. The van der Waals surface area contributed by atoms with Gasteiger partial charge in [-0.15, -0.1) is 0 Å². The van der Waals surface area contributed by atoms with E-state index < -0.39 is 10.0 Å². The van der Waals surface area contributed by atoms with Gasteiger partial charge in [0.25, 0.3) is 0 Å². The molecule has 0 unspecified atom stereocenters. The van der Waals surface area contributed by atoms with E-state index in [2.05, 4.69) is 25.0 Å². The summed E-state index contributed by atoms with van der Waals surface area (Å²) in [6, 6.07) is 4.94. The van der Waals surface area contributed by atoms with Crippen LogP contribution in [-0.2, 0) is 10.0 Å². The highest BCUT2D eigenvalue weighted by molar-refractivity contribution is 7.89. The zero-order valence-corrected chi connectivity index (χ0v) is 14.0. The first-order valence-corrected chi connectivity index (χ1v) is 9.09. The van der Waals surface area contributed by atoms with Gasteiger partial charge >= 0.3 is 0 Å². The minimum atomic E-state index is -3.66. The van der Waals surface area contributed by atoms with Crippen molar-refractivity contribution in [3.8, 4) is 0 Å². The zero-order valence-electron chi connectivity index (χ0n) is 13.2. The molecule has 0 radical (unpaired) electrons. The molecule has 0 bridgehead atoms. The lowest BCUT2D eigenvalue weighted by Gasteiger charge is -2.15. The first kappa shape index (κ1) is 16.7. The Morgan fingerprint density at radius 3 is 3.08 bits per heavy atom. The Bertz CT molecular complexity index is 902. The molecule has 24 heavy (non-hydrogen) atoms. The van der Waals surface area contributed by atoms with Crippen molar-refractivity contribution >= 4 is 20.8 Å². The molecule has 0 aliphatic carbocycles. The van der Waals surface area contributed by atoms with Crippen LogP contribution in [0.15, 0.2) is 40.6 Å². The number of rotatable bonds is 5. The number of aryl methyl sites for hydroxylation is 1. The first-order valence-electron chi connectivity index (χ1n) is 7.61. The molecule has 2 N–H and O–H groups in total. The third-order valence-corrected chi connectivity index (χ3v) is 5.70. The highest BCUT2D eigenvalue weighted by atomic mass is 32.2. The molecular formula is C15H18N6O2S. The number of sulfonamides is 1. The van der Waals surface area contributed by atoms with Crippen molar-refractivity contribution in [2.75, 3.05) is 13.1 Å². The van der Waals surface area contributed by atoms with Crippen LogP contribution in [0.1, 0.15) is 12.0 Å². The van der Waals surface area contributed by atoms with Crippen LogP contribution in [-0.4, -0.2) is 38.6 Å². The number of hydrogen-bond acceptors (Lipinski definition) is 5. The van der Waals surface area contributed by atoms with Gasteiger partial charge in [0.15, 0.2) is 0 Å². The van der Waals surface area contributed by atoms with E-state index in [9.17, 15) is 8.42 Å². The van der Waals surface area contributed by atoms with Crippen LogP contribution in [0.2, 0.25) is 0 Å². The molecule has 1 aliphatic heterocycles. The minimum absolute atomic E-state index is 0.00736. The third kappa shape index (κ3) is 3.34. The van der Waals surface area contributed by atoms with E-state index in [1.807, 2.05) is 13.0 Å². The number of hydrogen-bond donors (Lipinski definition) is 2. The normalized spacial score (nSPS) is 20.9. The highest BCUT2D eigenvalue weighted by Gasteiger charge is 2.28. The summed E-state index contributed by atoms with van der Waals surface area (Å²) in [6.07, 6.45) is 3.91. The van der Waals surface area contributed by atoms with E-state index in [-0.39, 0.29) is 17.0 Å². The average molecular weight is 346 g/mol. The maximum atomic E-state index is 12.8. The summed E-state index contributed by atoms with van der Waals surface area (Å²) < 4.78 is 28.4. The van der Waals surface area contributed by atoms with Crippen molar-refractivity contribution in [3.63, 3.8) is 0 Å². The second-order valence-corrected chi connectivity index (χ2v) is 7.57. The number of pyridine rings is 1. The fourth-order valence-corrected chi connectivity index (χ4v) is 4.61. The van der Waals surface area contributed by atoms with E-state index in [1.165, 1.54) is 0 Å². The Morgan fingerprint density at radius 1 is 1.46 bits per heavy atom. The van der Waals surface area contributed by atoms with Crippen LogP contribution in [0, 0.1) is 6.92 Å². The minimum Gasteiger partial charge on any atom is -0.312 e. The molecular weight excluding hydrogens is 328 g/mol. The van der Waals surface area contributed by atoms with Crippen LogP contribution in [0.5, 0.6) is 0 Å². The van der Waals surface area contributed by atoms with E-state index in [4.69, 9.17) is 5.53 Å². The SMILES string of the molecule is Cc1cncc2cccc(S(=O)(=O)N[C@H]3CN[C@H](CN=[N+]=[N-])C3)c12. The zero-order chi connectivity index (χ0) is 17.2. The smallest absolute Gasteiger partial charge is 0.241 e. The van der Waals surface area contributed by atoms with Crippen LogP contribution in [0.4, 0.5) is 0 Å². The number of nitrogens with one attached hydrogen (secondary N) is 2.